The van der Waals surface area contributed by atoms with Crippen molar-refractivity contribution >= 4 is 18.1 Å². The number of amides is 1. The minimum absolute atomic E-state index is 0.0442. The Morgan fingerprint density at radius 1 is 1.07 bits per heavy atom. The van der Waals surface area contributed by atoms with Gasteiger partial charge in [0, 0.05) is 38.2 Å². The van der Waals surface area contributed by atoms with E-state index in [1.165, 1.54) is 7.11 Å². The summed E-state index contributed by atoms with van der Waals surface area (Å²) in [5.41, 5.74) is 2.32. The van der Waals surface area contributed by atoms with Gasteiger partial charge < -0.3 is 43.6 Å². The number of aliphatic hydroxyl groups excluding tert-OH is 2. The molecule has 0 bridgehead atoms. The highest BCUT2D eigenvalue weighted by atomic mass is 16.7. The van der Waals surface area contributed by atoms with Crippen molar-refractivity contribution in [1.29, 1.82) is 0 Å². The molecular weight excluding hydrogens is 704 g/mol. The van der Waals surface area contributed by atoms with Crippen molar-refractivity contribution in [2.45, 2.75) is 96.0 Å². The van der Waals surface area contributed by atoms with Crippen LogP contribution in [-0.2, 0) is 14.3 Å². The van der Waals surface area contributed by atoms with Gasteiger partial charge in [0.1, 0.15) is 34.6 Å². The monoisotopic (exact) mass is 762 g/mol. The highest BCUT2D eigenvalue weighted by Crippen LogP contribution is 2.62. The Labute approximate surface area is 325 Å². The van der Waals surface area contributed by atoms with Crippen molar-refractivity contribution in [3.8, 4) is 23.0 Å². The molecule has 12 heteroatoms. The Balaban J connectivity index is 1.76. The van der Waals surface area contributed by atoms with Crippen LogP contribution in [0, 0.1) is 17.8 Å². The van der Waals surface area contributed by atoms with E-state index in [2.05, 4.69) is 12.7 Å². The molecule has 1 aliphatic heterocycles. The number of oxime groups is 1. The first kappa shape index (κ1) is 41.8. The van der Waals surface area contributed by atoms with Gasteiger partial charge in [-0.1, -0.05) is 30.1 Å². The molecule has 5 rings (SSSR count). The summed E-state index contributed by atoms with van der Waals surface area (Å²) in [6.45, 7) is 12.1. The molecule has 2 aliphatic carbocycles. The summed E-state index contributed by atoms with van der Waals surface area (Å²) in [7, 11) is 3.21. The molecule has 300 valence electrons. The molecule has 3 aliphatic rings. The van der Waals surface area contributed by atoms with E-state index in [0.717, 1.165) is 43.1 Å². The van der Waals surface area contributed by atoms with Gasteiger partial charge in [0.15, 0.2) is 6.29 Å². The number of fused-ring (bicyclic) bond motifs is 2. The van der Waals surface area contributed by atoms with Crippen LogP contribution in [-0.4, -0.2) is 91.2 Å². The normalized spacial score (nSPS) is 24.8. The van der Waals surface area contributed by atoms with Crippen LogP contribution in [0.2, 0.25) is 0 Å². The molecule has 1 saturated carbocycles. The first-order chi connectivity index (χ1) is 26.4. The Kier molecular flexibility index (Phi) is 14.0. The van der Waals surface area contributed by atoms with Crippen molar-refractivity contribution in [3.63, 3.8) is 0 Å². The number of ether oxygens (including phenoxy) is 5. The SMILES string of the molecule is C=CCOC12Oc3ccc(Oc4ccc(OC)c(C=O)c4)cc3C3C(CCCCO)C(CCCCO)C=C(C(=NOC(C)(C)C)CC1N(C)C(=O)OCC)C32. The van der Waals surface area contributed by atoms with Gasteiger partial charge >= 0.3 is 6.09 Å². The van der Waals surface area contributed by atoms with Gasteiger partial charge in [-0.25, -0.2) is 4.79 Å². The molecule has 2 aromatic carbocycles. The van der Waals surface area contributed by atoms with Crippen LogP contribution < -0.4 is 14.2 Å². The zero-order valence-electron chi connectivity index (χ0n) is 33.1. The number of nitrogens with zero attached hydrogens (tertiary/aromatic N) is 2. The lowest BCUT2D eigenvalue weighted by Crippen LogP contribution is -2.69. The number of hydrogen-bond acceptors (Lipinski definition) is 11. The van der Waals surface area contributed by atoms with Crippen LogP contribution in [0.25, 0.3) is 0 Å². The molecule has 1 fully saturated rings. The van der Waals surface area contributed by atoms with E-state index in [4.69, 9.17) is 33.7 Å². The average Bonchev–Trinajstić information content (AvgIpc) is 3.17. The molecule has 0 spiro atoms. The van der Waals surface area contributed by atoms with E-state index < -0.39 is 29.4 Å². The molecule has 55 heavy (non-hydrogen) atoms. The smallest absolute Gasteiger partial charge is 0.409 e. The number of methoxy groups -OCH3 is 1. The van der Waals surface area contributed by atoms with Gasteiger partial charge in [-0.05, 0) is 107 Å². The summed E-state index contributed by atoms with van der Waals surface area (Å²) in [5, 5.41) is 24.5. The summed E-state index contributed by atoms with van der Waals surface area (Å²) in [4.78, 5) is 33.1. The van der Waals surface area contributed by atoms with Crippen LogP contribution in [0.3, 0.4) is 0 Å². The predicted octanol–water partition coefficient (Wildman–Crippen LogP) is 7.82. The zero-order valence-corrected chi connectivity index (χ0v) is 33.1. The molecule has 1 heterocycles. The number of rotatable bonds is 18. The first-order valence-corrected chi connectivity index (χ1v) is 19.4. The summed E-state index contributed by atoms with van der Waals surface area (Å²) >= 11 is 0. The fraction of sp³-hybridized carbons (Fsp3) is 0.558. The molecule has 2 N–H and O–H groups in total. The van der Waals surface area contributed by atoms with E-state index in [1.54, 1.807) is 43.1 Å². The number of aldehydes is 1. The standard InChI is InChI=1S/C43H58N2O10/c1-8-22-52-43-38(45(6)41(49)51-9-2)26-35(44-55-42(3,4)5)33-24-28(14-10-12-20-46)32(15-11-13-21-47)39(40(33)43)34-25-31(17-19-37(34)54-43)53-30-16-18-36(50-7)29(23-30)27-48/h8,16-19,23-25,27-28,32,38-40,46-47H,1,9-15,20-22,26H2,2-7H3. The van der Waals surface area contributed by atoms with Crippen molar-refractivity contribution < 1.29 is 48.3 Å². The number of carbonyl (C=O) groups excluding carboxylic acids is 2. The fourth-order valence-electron chi connectivity index (χ4n) is 8.34. The molecule has 1 amide bonds. The quantitative estimate of drug-likeness (QED) is 0.0667. The number of carbonyl (C=O) groups is 2. The van der Waals surface area contributed by atoms with Gasteiger partial charge in [0.2, 0.25) is 5.79 Å². The van der Waals surface area contributed by atoms with E-state index >= 15 is 0 Å². The van der Waals surface area contributed by atoms with E-state index in [0.29, 0.717) is 47.1 Å². The minimum Gasteiger partial charge on any atom is -0.496 e. The minimum atomic E-state index is -1.39. The Bertz CT molecular complexity index is 1720. The van der Waals surface area contributed by atoms with Crippen molar-refractivity contribution in [1.82, 2.24) is 4.90 Å². The van der Waals surface area contributed by atoms with Gasteiger partial charge in [-0.2, -0.15) is 0 Å². The molecule has 0 aromatic heterocycles. The lowest BCUT2D eigenvalue weighted by atomic mass is 9.55. The molecule has 12 nitrogen and oxygen atoms in total. The second-order valence-corrected chi connectivity index (χ2v) is 15.4. The molecule has 0 saturated heterocycles. The van der Waals surface area contributed by atoms with Crippen LogP contribution in [0.5, 0.6) is 23.0 Å². The molecule has 6 atom stereocenters. The second-order valence-electron chi connectivity index (χ2n) is 15.4. The largest absolute Gasteiger partial charge is 0.496 e. The second kappa shape index (κ2) is 18.5. The summed E-state index contributed by atoms with van der Waals surface area (Å²) in [6.07, 6.45) is 9.01. The third kappa shape index (κ3) is 9.19. The number of likely N-dealkylation sites (N-methyl/N-ethyl adjacent to an activating group) is 1. The molecule has 6 unspecified atom stereocenters. The third-order valence-electron chi connectivity index (χ3n) is 10.7. The summed E-state index contributed by atoms with van der Waals surface area (Å²) in [6, 6.07) is 10.1. The Morgan fingerprint density at radius 3 is 2.44 bits per heavy atom. The zero-order chi connectivity index (χ0) is 39.8. The Hall–Kier alpha value is -4.39. The van der Waals surface area contributed by atoms with E-state index in [1.807, 2.05) is 39.0 Å². The van der Waals surface area contributed by atoms with Gasteiger partial charge in [-0.3, -0.25) is 4.79 Å². The van der Waals surface area contributed by atoms with E-state index in [9.17, 15) is 19.8 Å². The van der Waals surface area contributed by atoms with Gasteiger partial charge in [-0.15, -0.1) is 6.58 Å². The lowest BCUT2D eigenvalue weighted by molar-refractivity contribution is -0.253. The van der Waals surface area contributed by atoms with Crippen LogP contribution >= 0.6 is 0 Å². The maximum absolute atomic E-state index is 13.6. The van der Waals surface area contributed by atoms with E-state index in [-0.39, 0.29) is 50.6 Å². The molecule has 2 aromatic rings. The highest BCUT2D eigenvalue weighted by molar-refractivity contribution is 6.03. The van der Waals surface area contributed by atoms with Crippen LogP contribution in [0.15, 0.2) is 65.9 Å². The van der Waals surface area contributed by atoms with Gasteiger partial charge in [0.25, 0.3) is 0 Å². The maximum Gasteiger partial charge on any atom is 0.409 e. The number of allylic oxidation sites excluding steroid dienone is 1. The topological polar surface area (TPSA) is 146 Å². The van der Waals surface area contributed by atoms with Crippen molar-refractivity contribution in [2.75, 3.05) is 40.6 Å². The van der Waals surface area contributed by atoms with Crippen molar-refractivity contribution in [3.05, 3.63) is 71.8 Å². The maximum atomic E-state index is 13.6. The number of aliphatic hydroxyl groups is 2. The molecule has 0 radical (unpaired) electrons. The van der Waals surface area contributed by atoms with Crippen LogP contribution in [0.1, 0.15) is 94.5 Å². The summed E-state index contributed by atoms with van der Waals surface area (Å²) in [5.74, 6) is 0.0957. The Morgan fingerprint density at radius 2 is 1.78 bits per heavy atom. The lowest BCUT2D eigenvalue weighted by Gasteiger charge is -2.59. The first-order valence-electron chi connectivity index (χ1n) is 19.4. The molecular formula is C43H58N2O10. The van der Waals surface area contributed by atoms with Crippen LogP contribution in [0.4, 0.5) is 4.79 Å². The van der Waals surface area contributed by atoms with Gasteiger partial charge in [0.05, 0.1) is 37.5 Å². The predicted molar refractivity (Wildman–Crippen MR) is 209 cm³/mol. The highest BCUT2D eigenvalue weighted by Gasteiger charge is 2.65. The number of benzene rings is 2. The number of unbranched alkanes of at least 4 members (excludes halogenated alkanes) is 2. The third-order valence-corrected chi connectivity index (χ3v) is 10.7. The van der Waals surface area contributed by atoms with Crippen molar-refractivity contribution in [2.24, 2.45) is 22.9 Å². The number of hydrogen-bond donors (Lipinski definition) is 2. The average molecular weight is 763 g/mol. The fourth-order valence-corrected chi connectivity index (χ4v) is 8.34. The summed E-state index contributed by atoms with van der Waals surface area (Å²) < 4.78 is 31.3.